The first-order valence-corrected chi connectivity index (χ1v) is 6.32. The van der Waals surface area contributed by atoms with Crippen molar-refractivity contribution < 1.29 is 14.6 Å². The molecule has 0 aliphatic heterocycles. The summed E-state index contributed by atoms with van der Waals surface area (Å²) in [6, 6.07) is 2.04. The molecule has 2 N–H and O–H groups in total. The Morgan fingerprint density at radius 3 is 3.06 bits per heavy atom. The second-order valence-corrected chi connectivity index (χ2v) is 4.94. The normalized spacial score (nSPS) is 16.6. The van der Waals surface area contributed by atoms with Crippen LogP contribution in [0.3, 0.4) is 0 Å². The summed E-state index contributed by atoms with van der Waals surface area (Å²) >= 11 is 5.92. The molecule has 1 unspecified atom stereocenters. The van der Waals surface area contributed by atoms with Crippen LogP contribution in [0.2, 0.25) is 5.02 Å². The van der Waals surface area contributed by atoms with Crippen LogP contribution in [0, 0.1) is 0 Å². The van der Waals surface area contributed by atoms with Gasteiger partial charge in [-0.3, -0.25) is 4.79 Å². The van der Waals surface area contributed by atoms with E-state index in [0.29, 0.717) is 16.8 Å². The average molecular weight is 273 g/mol. The Balaban J connectivity index is 1.96. The number of hydrogen-bond acceptors (Lipinski definition) is 3. The summed E-state index contributed by atoms with van der Waals surface area (Å²) < 4.78 is 6.69. The van der Waals surface area contributed by atoms with Gasteiger partial charge in [-0.05, 0) is 18.9 Å². The first-order chi connectivity index (χ1) is 8.61. The molecule has 0 aromatic carbocycles. The van der Waals surface area contributed by atoms with Crippen LogP contribution in [0.4, 0.5) is 0 Å². The van der Waals surface area contributed by atoms with E-state index in [1.807, 2.05) is 4.57 Å². The molecule has 0 bridgehead atoms. The number of rotatable bonds is 6. The van der Waals surface area contributed by atoms with Crippen molar-refractivity contribution in [3.63, 3.8) is 0 Å². The van der Waals surface area contributed by atoms with Gasteiger partial charge < -0.3 is 19.7 Å². The number of hydrogen-bond donors (Lipinski definition) is 2. The van der Waals surface area contributed by atoms with Crippen LogP contribution in [-0.2, 0) is 4.74 Å². The quantitative estimate of drug-likeness (QED) is 0.818. The minimum Gasteiger partial charge on any atom is -0.389 e. The van der Waals surface area contributed by atoms with Crippen molar-refractivity contribution in [2.75, 3.05) is 20.3 Å². The summed E-state index contributed by atoms with van der Waals surface area (Å²) in [5.74, 6) is -0.219. The highest BCUT2D eigenvalue weighted by Crippen LogP contribution is 2.37. The number of carbonyl (C=O) groups excluding carboxylic acids is 1. The number of halogens is 1. The van der Waals surface area contributed by atoms with Crippen LogP contribution in [0.5, 0.6) is 0 Å². The van der Waals surface area contributed by atoms with Gasteiger partial charge >= 0.3 is 0 Å². The lowest BCUT2D eigenvalue weighted by molar-refractivity contribution is 0.0607. The second-order valence-electron chi connectivity index (χ2n) is 4.50. The van der Waals surface area contributed by atoms with E-state index >= 15 is 0 Å². The van der Waals surface area contributed by atoms with Crippen LogP contribution in [0.15, 0.2) is 12.3 Å². The van der Waals surface area contributed by atoms with Crippen LogP contribution < -0.4 is 5.32 Å². The first kappa shape index (κ1) is 13.4. The smallest absolute Gasteiger partial charge is 0.268 e. The second kappa shape index (κ2) is 5.73. The van der Waals surface area contributed by atoms with Crippen molar-refractivity contribution in [1.82, 2.24) is 9.88 Å². The van der Waals surface area contributed by atoms with Gasteiger partial charge in [0.2, 0.25) is 0 Å². The third-order valence-corrected chi connectivity index (χ3v) is 3.05. The van der Waals surface area contributed by atoms with Gasteiger partial charge in [0.25, 0.3) is 5.91 Å². The highest BCUT2D eigenvalue weighted by molar-refractivity contribution is 6.31. The fourth-order valence-electron chi connectivity index (χ4n) is 1.83. The first-order valence-electron chi connectivity index (χ1n) is 5.94. The molecule has 0 radical (unpaired) electrons. The van der Waals surface area contributed by atoms with E-state index in [-0.39, 0.29) is 19.1 Å². The van der Waals surface area contributed by atoms with E-state index in [9.17, 15) is 9.90 Å². The maximum Gasteiger partial charge on any atom is 0.268 e. The third-order valence-electron chi connectivity index (χ3n) is 2.85. The predicted octanol–water partition coefficient (Wildman–Crippen LogP) is 1.21. The van der Waals surface area contributed by atoms with E-state index in [2.05, 4.69) is 5.32 Å². The molecule has 1 fully saturated rings. The molecule has 1 atom stereocenters. The fraction of sp³-hybridized carbons (Fsp3) is 0.583. The number of ether oxygens (including phenoxy) is 1. The number of amides is 1. The number of aliphatic hydroxyl groups excluding tert-OH is 1. The lowest BCUT2D eigenvalue weighted by Crippen LogP contribution is -2.35. The molecule has 1 aromatic heterocycles. The molecule has 18 heavy (non-hydrogen) atoms. The number of aliphatic hydroxyl groups is 1. The fourth-order valence-corrected chi connectivity index (χ4v) is 2.04. The maximum atomic E-state index is 12.0. The molecule has 100 valence electrons. The summed E-state index contributed by atoms with van der Waals surface area (Å²) in [6.45, 7) is 0.366. The number of nitrogens with zero attached hydrogens (tertiary/aromatic N) is 1. The van der Waals surface area contributed by atoms with Crippen molar-refractivity contribution in [2.24, 2.45) is 0 Å². The van der Waals surface area contributed by atoms with Crippen LogP contribution in [0.1, 0.15) is 29.4 Å². The molecule has 1 amide bonds. The third kappa shape index (κ3) is 3.25. The molecular formula is C12H17ClN2O3. The zero-order chi connectivity index (χ0) is 13.1. The highest BCUT2D eigenvalue weighted by Gasteiger charge is 2.27. The van der Waals surface area contributed by atoms with Crippen LogP contribution in [0.25, 0.3) is 0 Å². The number of methoxy groups -OCH3 is 1. The van der Waals surface area contributed by atoms with Gasteiger partial charge in [-0.2, -0.15) is 0 Å². The van der Waals surface area contributed by atoms with Crippen molar-refractivity contribution in [3.05, 3.63) is 23.0 Å². The Morgan fingerprint density at radius 2 is 2.44 bits per heavy atom. The molecule has 0 saturated heterocycles. The molecule has 2 rings (SSSR count). The Hall–Kier alpha value is -1.04. The summed E-state index contributed by atoms with van der Waals surface area (Å²) in [5, 5.41) is 12.7. The molecule has 6 heteroatoms. The van der Waals surface area contributed by atoms with Crippen LogP contribution in [-0.4, -0.2) is 41.9 Å². The Morgan fingerprint density at radius 1 is 1.72 bits per heavy atom. The van der Waals surface area contributed by atoms with Gasteiger partial charge in [-0.15, -0.1) is 0 Å². The number of aromatic nitrogens is 1. The summed E-state index contributed by atoms with van der Waals surface area (Å²) in [4.78, 5) is 12.0. The molecule has 1 saturated carbocycles. The van der Waals surface area contributed by atoms with Gasteiger partial charge in [0.1, 0.15) is 5.69 Å². The average Bonchev–Trinajstić information content (AvgIpc) is 3.10. The Labute approximate surface area is 111 Å². The van der Waals surface area contributed by atoms with E-state index in [4.69, 9.17) is 16.3 Å². The molecule has 1 heterocycles. The van der Waals surface area contributed by atoms with Gasteiger partial charge in [-0.25, -0.2) is 0 Å². The minimum absolute atomic E-state index is 0.167. The highest BCUT2D eigenvalue weighted by atomic mass is 35.5. The zero-order valence-electron chi connectivity index (χ0n) is 10.2. The lowest BCUT2D eigenvalue weighted by Gasteiger charge is -2.12. The van der Waals surface area contributed by atoms with Gasteiger partial charge in [-0.1, -0.05) is 11.6 Å². The van der Waals surface area contributed by atoms with Gasteiger partial charge in [0.05, 0.1) is 17.7 Å². The standard InChI is InChI=1S/C12H17ClN2O3/c1-18-7-10(16)5-14-12(17)11-4-8(13)6-15(11)9-2-3-9/h4,6,9-10,16H,2-3,5,7H2,1H3,(H,14,17). The zero-order valence-corrected chi connectivity index (χ0v) is 11.0. The number of carbonyl (C=O) groups is 1. The summed E-state index contributed by atoms with van der Waals surface area (Å²) in [5.41, 5.74) is 0.548. The van der Waals surface area contributed by atoms with Crippen molar-refractivity contribution in [1.29, 1.82) is 0 Å². The molecular weight excluding hydrogens is 256 g/mol. The van der Waals surface area contributed by atoms with Crippen molar-refractivity contribution >= 4 is 17.5 Å². The van der Waals surface area contributed by atoms with E-state index < -0.39 is 6.10 Å². The van der Waals surface area contributed by atoms with Crippen LogP contribution >= 0.6 is 11.6 Å². The summed E-state index contributed by atoms with van der Waals surface area (Å²) in [6.07, 6.45) is 3.24. The SMILES string of the molecule is COCC(O)CNC(=O)c1cc(Cl)cn1C1CC1. The van der Waals surface area contributed by atoms with E-state index in [1.165, 1.54) is 7.11 Å². The summed E-state index contributed by atoms with van der Waals surface area (Å²) in [7, 11) is 1.50. The van der Waals surface area contributed by atoms with E-state index in [1.54, 1.807) is 12.3 Å². The Kier molecular flexibility index (Phi) is 4.27. The van der Waals surface area contributed by atoms with Crippen molar-refractivity contribution in [3.8, 4) is 0 Å². The number of nitrogens with one attached hydrogen (secondary N) is 1. The van der Waals surface area contributed by atoms with Crippen molar-refractivity contribution in [2.45, 2.75) is 25.0 Å². The molecule has 1 aromatic rings. The molecule has 5 nitrogen and oxygen atoms in total. The largest absolute Gasteiger partial charge is 0.389 e. The monoisotopic (exact) mass is 272 g/mol. The maximum absolute atomic E-state index is 12.0. The van der Waals surface area contributed by atoms with E-state index in [0.717, 1.165) is 12.8 Å². The predicted molar refractivity (Wildman–Crippen MR) is 67.9 cm³/mol. The Bertz CT molecular complexity index is 429. The molecule has 1 aliphatic carbocycles. The topological polar surface area (TPSA) is 63.5 Å². The molecule has 0 spiro atoms. The lowest BCUT2D eigenvalue weighted by atomic mass is 10.3. The van der Waals surface area contributed by atoms with Gasteiger partial charge in [0, 0.05) is 25.9 Å². The minimum atomic E-state index is -0.696. The van der Waals surface area contributed by atoms with Gasteiger partial charge in [0.15, 0.2) is 0 Å². The molecule has 1 aliphatic rings.